The van der Waals surface area contributed by atoms with Crippen LogP contribution in [-0.2, 0) is 10.0 Å². The van der Waals surface area contributed by atoms with Crippen molar-refractivity contribution in [3.05, 3.63) is 72.1 Å². The number of anilines is 2. The van der Waals surface area contributed by atoms with Gasteiger partial charge in [-0.2, -0.15) is 0 Å². The van der Waals surface area contributed by atoms with Crippen molar-refractivity contribution in [2.24, 2.45) is 0 Å². The van der Waals surface area contributed by atoms with Crippen LogP contribution in [0.3, 0.4) is 0 Å². The molecular formula is C26H27ClN6O2S. The third kappa shape index (κ3) is 5.13. The molecule has 1 N–H and O–H groups in total. The maximum atomic E-state index is 12.8. The molecule has 0 radical (unpaired) electrons. The minimum absolute atomic E-state index is 0.0710. The fraction of sp³-hybridized carbons (Fsp3) is 0.269. The normalized spacial score (nSPS) is 16.4. The molecule has 1 atom stereocenters. The van der Waals surface area contributed by atoms with Gasteiger partial charge in [0.1, 0.15) is 5.82 Å². The zero-order valence-electron chi connectivity index (χ0n) is 20.1. The van der Waals surface area contributed by atoms with Crippen molar-refractivity contribution in [1.29, 1.82) is 0 Å². The Morgan fingerprint density at radius 3 is 2.58 bits per heavy atom. The number of halogens is 1. The Hall–Kier alpha value is -3.27. The quantitative estimate of drug-likeness (QED) is 0.368. The first kappa shape index (κ1) is 24.4. The van der Waals surface area contributed by atoms with E-state index in [2.05, 4.69) is 38.6 Å². The van der Waals surface area contributed by atoms with E-state index in [0.29, 0.717) is 11.6 Å². The molecule has 0 saturated carbocycles. The Bertz CT molecular complexity index is 1500. The lowest BCUT2D eigenvalue weighted by Gasteiger charge is -2.36. The second-order valence-electron chi connectivity index (χ2n) is 9.12. The van der Waals surface area contributed by atoms with E-state index in [9.17, 15) is 8.42 Å². The number of sulfonamides is 1. The minimum atomic E-state index is -3.80. The van der Waals surface area contributed by atoms with E-state index in [1.54, 1.807) is 30.5 Å². The average molecular weight is 523 g/mol. The first-order valence-corrected chi connectivity index (χ1v) is 13.6. The summed E-state index contributed by atoms with van der Waals surface area (Å²) in [7, 11) is 0.420. The summed E-state index contributed by atoms with van der Waals surface area (Å²) >= 11 is 6.24. The number of benzene rings is 2. The highest BCUT2D eigenvalue weighted by Crippen LogP contribution is 2.30. The number of likely N-dealkylation sites (N-methyl/N-ethyl adjacent to an activating group) is 1. The van der Waals surface area contributed by atoms with Gasteiger partial charge in [-0.05, 0) is 62.8 Å². The van der Waals surface area contributed by atoms with E-state index in [-0.39, 0.29) is 15.7 Å². The second kappa shape index (κ2) is 10.0. The highest BCUT2D eigenvalue weighted by atomic mass is 35.5. The fourth-order valence-electron chi connectivity index (χ4n) is 4.40. The van der Waals surface area contributed by atoms with Gasteiger partial charge in [0.2, 0.25) is 0 Å². The molecule has 3 heterocycles. The minimum Gasteiger partial charge on any atom is -0.354 e. The summed E-state index contributed by atoms with van der Waals surface area (Å²) in [6.45, 7) is 1.87. The summed E-state index contributed by atoms with van der Waals surface area (Å²) in [5.41, 5.74) is 3.31. The van der Waals surface area contributed by atoms with Crippen molar-refractivity contribution in [1.82, 2.24) is 19.9 Å². The van der Waals surface area contributed by atoms with Crippen LogP contribution in [0.15, 0.2) is 71.9 Å². The number of fused-ring (bicyclic) bond motifs is 1. The molecule has 0 spiro atoms. The molecule has 2 aromatic heterocycles. The number of pyridine rings is 1. The Morgan fingerprint density at radius 1 is 1.00 bits per heavy atom. The van der Waals surface area contributed by atoms with Gasteiger partial charge in [0.25, 0.3) is 10.0 Å². The summed E-state index contributed by atoms with van der Waals surface area (Å²) in [5, 5.41) is 0.0710. The fourth-order valence-corrected chi connectivity index (χ4v) is 5.68. The molecule has 2 aromatic carbocycles. The van der Waals surface area contributed by atoms with Crippen molar-refractivity contribution in [3.63, 3.8) is 0 Å². The predicted molar refractivity (Wildman–Crippen MR) is 144 cm³/mol. The van der Waals surface area contributed by atoms with Gasteiger partial charge in [-0.15, -0.1) is 0 Å². The molecule has 1 aliphatic heterocycles. The van der Waals surface area contributed by atoms with Gasteiger partial charge < -0.3 is 9.80 Å². The molecule has 0 amide bonds. The molecule has 36 heavy (non-hydrogen) atoms. The van der Waals surface area contributed by atoms with Gasteiger partial charge in [0.05, 0.1) is 27.8 Å². The number of nitrogens with zero attached hydrogens (tertiary/aromatic N) is 5. The first-order valence-electron chi connectivity index (χ1n) is 11.7. The monoisotopic (exact) mass is 522 g/mol. The predicted octanol–water partition coefficient (Wildman–Crippen LogP) is 4.68. The summed E-state index contributed by atoms with van der Waals surface area (Å²) in [4.78, 5) is 18.4. The zero-order valence-corrected chi connectivity index (χ0v) is 21.7. The van der Waals surface area contributed by atoms with E-state index < -0.39 is 10.0 Å². The first-order chi connectivity index (χ1) is 17.3. The number of nitrogens with one attached hydrogen (secondary N) is 1. The van der Waals surface area contributed by atoms with Crippen molar-refractivity contribution >= 4 is 44.2 Å². The van der Waals surface area contributed by atoms with E-state index in [1.807, 2.05) is 24.4 Å². The van der Waals surface area contributed by atoms with Crippen LogP contribution in [0, 0.1) is 0 Å². The molecule has 1 saturated heterocycles. The number of hydrogen-bond acceptors (Lipinski definition) is 7. The standard InChI is InChI=1S/C26H27ClN6O2S/c1-32(2)20-7-6-12-33(17-20)25-16-28-22-11-10-18(13-23(22)30-25)19-14-24(26(27)29-15-19)31-36(34,35)21-8-4-3-5-9-21/h3-5,8-11,13-16,20,31H,6-7,12,17H2,1-2H3. The molecule has 1 aliphatic rings. The lowest BCUT2D eigenvalue weighted by atomic mass is 10.0. The Kier molecular flexibility index (Phi) is 6.79. The molecule has 4 aromatic rings. The van der Waals surface area contributed by atoms with Crippen LogP contribution in [0.5, 0.6) is 0 Å². The molecular weight excluding hydrogens is 496 g/mol. The molecule has 1 unspecified atom stereocenters. The number of hydrogen-bond donors (Lipinski definition) is 1. The lowest BCUT2D eigenvalue weighted by Crippen LogP contribution is -2.45. The smallest absolute Gasteiger partial charge is 0.261 e. The Morgan fingerprint density at radius 2 is 1.81 bits per heavy atom. The Balaban J connectivity index is 1.45. The van der Waals surface area contributed by atoms with Gasteiger partial charge in [-0.25, -0.2) is 18.4 Å². The van der Waals surface area contributed by atoms with Crippen molar-refractivity contribution in [2.75, 3.05) is 36.8 Å². The van der Waals surface area contributed by atoms with Gasteiger partial charge in [-0.3, -0.25) is 9.71 Å². The van der Waals surface area contributed by atoms with Crippen molar-refractivity contribution in [2.45, 2.75) is 23.8 Å². The topological polar surface area (TPSA) is 91.3 Å². The van der Waals surface area contributed by atoms with Crippen LogP contribution in [0.2, 0.25) is 5.15 Å². The maximum absolute atomic E-state index is 12.8. The van der Waals surface area contributed by atoms with E-state index in [4.69, 9.17) is 16.6 Å². The van der Waals surface area contributed by atoms with Crippen LogP contribution in [0.4, 0.5) is 11.5 Å². The van der Waals surface area contributed by atoms with Crippen LogP contribution in [-0.4, -0.2) is 61.5 Å². The van der Waals surface area contributed by atoms with Crippen LogP contribution >= 0.6 is 11.6 Å². The second-order valence-corrected chi connectivity index (χ2v) is 11.2. The van der Waals surface area contributed by atoms with E-state index in [0.717, 1.165) is 41.9 Å². The summed E-state index contributed by atoms with van der Waals surface area (Å²) in [6, 6.07) is 16.1. The maximum Gasteiger partial charge on any atom is 0.261 e. The van der Waals surface area contributed by atoms with Crippen LogP contribution < -0.4 is 9.62 Å². The molecule has 10 heteroatoms. The van der Waals surface area contributed by atoms with Gasteiger partial charge in [-0.1, -0.05) is 35.9 Å². The average Bonchev–Trinajstić information content (AvgIpc) is 2.90. The molecule has 0 bridgehead atoms. The summed E-state index contributed by atoms with van der Waals surface area (Å²) in [6.07, 6.45) is 5.74. The number of rotatable bonds is 6. The highest BCUT2D eigenvalue weighted by molar-refractivity contribution is 7.92. The SMILES string of the molecule is CN(C)C1CCCN(c2cnc3ccc(-c4cnc(Cl)c(NS(=O)(=O)c5ccccc5)c4)cc3n2)C1. The zero-order chi connectivity index (χ0) is 25.3. The third-order valence-electron chi connectivity index (χ3n) is 6.45. The third-order valence-corrected chi connectivity index (χ3v) is 8.13. The largest absolute Gasteiger partial charge is 0.354 e. The summed E-state index contributed by atoms with van der Waals surface area (Å²) < 4.78 is 28.2. The molecule has 1 fully saturated rings. The van der Waals surface area contributed by atoms with E-state index >= 15 is 0 Å². The molecule has 186 valence electrons. The van der Waals surface area contributed by atoms with Gasteiger partial charge >= 0.3 is 0 Å². The molecule has 5 rings (SSSR count). The molecule has 8 nitrogen and oxygen atoms in total. The van der Waals surface area contributed by atoms with E-state index in [1.165, 1.54) is 18.6 Å². The van der Waals surface area contributed by atoms with Crippen LogP contribution in [0.25, 0.3) is 22.2 Å². The Labute approximate surface area is 216 Å². The van der Waals surface area contributed by atoms with Gasteiger partial charge in [0.15, 0.2) is 5.15 Å². The number of aromatic nitrogens is 3. The van der Waals surface area contributed by atoms with Crippen molar-refractivity contribution in [3.8, 4) is 11.1 Å². The molecule has 0 aliphatic carbocycles. The summed E-state index contributed by atoms with van der Waals surface area (Å²) in [5.74, 6) is 0.858. The lowest BCUT2D eigenvalue weighted by molar-refractivity contribution is 0.257. The van der Waals surface area contributed by atoms with Crippen LogP contribution in [0.1, 0.15) is 12.8 Å². The van der Waals surface area contributed by atoms with Gasteiger partial charge in [0, 0.05) is 30.9 Å². The van der Waals surface area contributed by atoms with Crippen molar-refractivity contribution < 1.29 is 8.42 Å². The highest BCUT2D eigenvalue weighted by Gasteiger charge is 2.23. The number of piperidine rings is 1.